The number of hydrogen-bond acceptors (Lipinski definition) is 1. The van der Waals surface area contributed by atoms with Crippen LogP contribution in [0.5, 0.6) is 0 Å². The second kappa shape index (κ2) is 7.58. The Kier molecular flexibility index (Phi) is 6.34. The normalized spacial score (nSPS) is 11.2. The van der Waals surface area contributed by atoms with Gasteiger partial charge in [-0.3, -0.25) is 0 Å². The minimum absolute atomic E-state index is 0.180. The standard InChI is InChI=1S/C13H17BrFN/c1-2-8-16-9-4-3-5-11-10-12(14)6-7-13(11)15/h3,5-7,10,16H,2,4,8-9H2,1H3. The topological polar surface area (TPSA) is 12.0 Å². The summed E-state index contributed by atoms with van der Waals surface area (Å²) in [5, 5.41) is 3.29. The molecule has 0 radical (unpaired) electrons. The molecule has 0 bridgehead atoms. The molecule has 0 saturated carbocycles. The van der Waals surface area contributed by atoms with Gasteiger partial charge in [-0.1, -0.05) is 35.0 Å². The molecule has 1 nitrogen and oxygen atoms in total. The van der Waals surface area contributed by atoms with E-state index in [1.54, 1.807) is 12.1 Å². The predicted molar refractivity (Wildman–Crippen MR) is 70.9 cm³/mol. The van der Waals surface area contributed by atoms with E-state index >= 15 is 0 Å². The fourth-order valence-corrected chi connectivity index (χ4v) is 1.72. The molecule has 0 fully saturated rings. The Morgan fingerprint density at radius 3 is 2.94 bits per heavy atom. The molecule has 1 aromatic rings. The average Bonchev–Trinajstić information content (AvgIpc) is 2.28. The summed E-state index contributed by atoms with van der Waals surface area (Å²) in [5.74, 6) is -0.180. The summed E-state index contributed by atoms with van der Waals surface area (Å²) in [6.07, 6.45) is 5.89. The first-order chi connectivity index (χ1) is 7.74. The van der Waals surface area contributed by atoms with E-state index in [9.17, 15) is 4.39 Å². The van der Waals surface area contributed by atoms with Crippen LogP contribution in [0.1, 0.15) is 25.3 Å². The molecule has 0 aliphatic carbocycles. The van der Waals surface area contributed by atoms with Crippen LogP contribution in [0, 0.1) is 5.82 Å². The molecule has 0 heterocycles. The van der Waals surface area contributed by atoms with Crippen molar-refractivity contribution in [1.29, 1.82) is 0 Å². The highest BCUT2D eigenvalue weighted by Crippen LogP contribution is 2.16. The number of halogens is 2. The Hall–Kier alpha value is -0.670. The number of benzene rings is 1. The second-order valence-electron chi connectivity index (χ2n) is 3.61. The molecule has 0 atom stereocenters. The van der Waals surface area contributed by atoms with E-state index in [0.717, 1.165) is 30.4 Å². The number of hydrogen-bond donors (Lipinski definition) is 1. The lowest BCUT2D eigenvalue weighted by atomic mass is 10.2. The summed E-state index contributed by atoms with van der Waals surface area (Å²) in [5.41, 5.74) is 0.630. The largest absolute Gasteiger partial charge is 0.316 e. The van der Waals surface area contributed by atoms with Crippen molar-refractivity contribution in [3.05, 3.63) is 40.1 Å². The van der Waals surface area contributed by atoms with Gasteiger partial charge >= 0.3 is 0 Å². The lowest BCUT2D eigenvalue weighted by molar-refractivity contribution is 0.624. The van der Waals surface area contributed by atoms with Gasteiger partial charge in [0.25, 0.3) is 0 Å². The van der Waals surface area contributed by atoms with Crippen LogP contribution < -0.4 is 5.32 Å². The van der Waals surface area contributed by atoms with Gasteiger partial charge < -0.3 is 5.32 Å². The maximum atomic E-state index is 13.3. The highest BCUT2D eigenvalue weighted by molar-refractivity contribution is 9.10. The van der Waals surface area contributed by atoms with Crippen molar-refractivity contribution in [2.24, 2.45) is 0 Å². The van der Waals surface area contributed by atoms with Gasteiger partial charge in [0.15, 0.2) is 0 Å². The van der Waals surface area contributed by atoms with Crippen LogP contribution in [-0.4, -0.2) is 13.1 Å². The van der Waals surface area contributed by atoms with E-state index in [1.165, 1.54) is 6.07 Å². The van der Waals surface area contributed by atoms with Crippen LogP contribution in [0.15, 0.2) is 28.7 Å². The first-order valence-corrected chi connectivity index (χ1v) is 6.35. The van der Waals surface area contributed by atoms with E-state index in [4.69, 9.17) is 0 Å². The Bertz CT molecular complexity index is 350. The Labute approximate surface area is 105 Å². The van der Waals surface area contributed by atoms with Crippen LogP contribution in [0.2, 0.25) is 0 Å². The first-order valence-electron chi connectivity index (χ1n) is 5.56. The summed E-state index contributed by atoms with van der Waals surface area (Å²) in [6, 6.07) is 4.96. The molecule has 0 spiro atoms. The lowest BCUT2D eigenvalue weighted by Gasteiger charge is -1.99. The highest BCUT2D eigenvalue weighted by atomic mass is 79.9. The van der Waals surface area contributed by atoms with Gasteiger partial charge in [-0.25, -0.2) is 4.39 Å². The molecule has 3 heteroatoms. The van der Waals surface area contributed by atoms with Gasteiger partial charge in [0.2, 0.25) is 0 Å². The molecule has 0 saturated heterocycles. The van der Waals surface area contributed by atoms with Crippen molar-refractivity contribution in [1.82, 2.24) is 5.32 Å². The molecule has 0 aliphatic rings. The van der Waals surface area contributed by atoms with Gasteiger partial charge in [0.1, 0.15) is 5.82 Å². The molecular formula is C13H17BrFN. The van der Waals surface area contributed by atoms with E-state index in [-0.39, 0.29) is 5.82 Å². The average molecular weight is 286 g/mol. The number of nitrogens with one attached hydrogen (secondary N) is 1. The summed E-state index contributed by atoms with van der Waals surface area (Å²) >= 11 is 3.33. The molecule has 16 heavy (non-hydrogen) atoms. The fourth-order valence-electron chi connectivity index (χ4n) is 1.34. The minimum Gasteiger partial charge on any atom is -0.316 e. The van der Waals surface area contributed by atoms with Crippen molar-refractivity contribution >= 4 is 22.0 Å². The summed E-state index contributed by atoms with van der Waals surface area (Å²) in [4.78, 5) is 0. The maximum Gasteiger partial charge on any atom is 0.130 e. The van der Waals surface area contributed by atoms with Crippen LogP contribution in [0.25, 0.3) is 6.08 Å². The SMILES string of the molecule is CCCNCCC=Cc1cc(Br)ccc1F. The molecular weight excluding hydrogens is 269 g/mol. The van der Waals surface area contributed by atoms with Crippen LogP contribution in [0.3, 0.4) is 0 Å². The maximum absolute atomic E-state index is 13.3. The smallest absolute Gasteiger partial charge is 0.130 e. The number of rotatable bonds is 6. The molecule has 1 aromatic carbocycles. The van der Waals surface area contributed by atoms with Crippen LogP contribution in [0.4, 0.5) is 4.39 Å². The van der Waals surface area contributed by atoms with Gasteiger partial charge in [-0.15, -0.1) is 0 Å². The Morgan fingerprint density at radius 2 is 2.19 bits per heavy atom. The zero-order valence-corrected chi connectivity index (χ0v) is 11.1. The predicted octanol–water partition coefficient (Wildman–Crippen LogP) is 3.99. The van der Waals surface area contributed by atoms with E-state index in [1.807, 2.05) is 12.2 Å². The Balaban J connectivity index is 2.40. The van der Waals surface area contributed by atoms with Gasteiger partial charge in [0, 0.05) is 10.0 Å². The van der Waals surface area contributed by atoms with Crippen LogP contribution in [-0.2, 0) is 0 Å². The van der Waals surface area contributed by atoms with Gasteiger partial charge in [-0.2, -0.15) is 0 Å². The third-order valence-corrected chi connectivity index (χ3v) is 2.66. The fraction of sp³-hybridized carbons (Fsp3) is 0.385. The molecule has 0 aliphatic heterocycles. The molecule has 88 valence electrons. The van der Waals surface area contributed by atoms with Crippen molar-refractivity contribution in [2.75, 3.05) is 13.1 Å². The zero-order chi connectivity index (χ0) is 11.8. The molecule has 1 N–H and O–H groups in total. The molecule has 1 rings (SSSR count). The minimum atomic E-state index is -0.180. The molecule has 0 amide bonds. The van der Waals surface area contributed by atoms with Crippen molar-refractivity contribution in [3.63, 3.8) is 0 Å². The summed E-state index contributed by atoms with van der Waals surface area (Å²) in [7, 11) is 0. The van der Waals surface area contributed by atoms with E-state index < -0.39 is 0 Å². The Morgan fingerprint density at radius 1 is 1.38 bits per heavy atom. The third-order valence-electron chi connectivity index (χ3n) is 2.17. The second-order valence-corrected chi connectivity index (χ2v) is 4.52. The highest BCUT2D eigenvalue weighted by Gasteiger charge is 1.97. The quantitative estimate of drug-likeness (QED) is 0.780. The van der Waals surface area contributed by atoms with Crippen molar-refractivity contribution in [2.45, 2.75) is 19.8 Å². The van der Waals surface area contributed by atoms with Gasteiger partial charge in [-0.05, 0) is 44.1 Å². The van der Waals surface area contributed by atoms with Gasteiger partial charge in [0.05, 0.1) is 0 Å². The van der Waals surface area contributed by atoms with Crippen molar-refractivity contribution < 1.29 is 4.39 Å². The summed E-state index contributed by atoms with van der Waals surface area (Å²) in [6.45, 7) is 4.12. The van der Waals surface area contributed by atoms with E-state index in [0.29, 0.717) is 5.56 Å². The first kappa shape index (κ1) is 13.4. The van der Waals surface area contributed by atoms with Crippen molar-refractivity contribution in [3.8, 4) is 0 Å². The lowest BCUT2D eigenvalue weighted by Crippen LogP contribution is -2.14. The van der Waals surface area contributed by atoms with E-state index in [2.05, 4.69) is 28.2 Å². The molecule has 0 unspecified atom stereocenters. The molecule has 0 aromatic heterocycles. The zero-order valence-electron chi connectivity index (χ0n) is 9.47. The monoisotopic (exact) mass is 285 g/mol. The summed E-state index contributed by atoms with van der Waals surface area (Å²) < 4.78 is 14.2. The van der Waals surface area contributed by atoms with Crippen LogP contribution >= 0.6 is 15.9 Å². The third kappa shape index (κ3) is 4.90.